The molecule has 2 heterocycles. The second-order valence-electron chi connectivity index (χ2n) is 6.36. The fraction of sp³-hybridized carbons (Fsp3) is 0.278. The Bertz CT molecular complexity index is 949. The number of nitrogens with zero attached hydrogens (tertiary/aromatic N) is 2. The van der Waals surface area contributed by atoms with Gasteiger partial charge in [-0.25, -0.2) is 4.98 Å². The summed E-state index contributed by atoms with van der Waals surface area (Å²) in [6.45, 7) is 0.890. The van der Waals surface area contributed by atoms with Gasteiger partial charge in [-0.05, 0) is 36.4 Å². The van der Waals surface area contributed by atoms with Gasteiger partial charge in [0, 0.05) is 6.07 Å². The Balaban J connectivity index is 1.52. The maximum atomic E-state index is 12.2. The van der Waals surface area contributed by atoms with Crippen molar-refractivity contribution in [2.75, 3.05) is 13.2 Å². The molecule has 0 saturated carbocycles. The van der Waals surface area contributed by atoms with E-state index in [1.807, 2.05) is 4.57 Å². The Labute approximate surface area is 151 Å². The summed E-state index contributed by atoms with van der Waals surface area (Å²) in [5, 5.41) is 10.3. The largest absolute Gasteiger partial charge is 0.573 e. The highest BCUT2D eigenvalue weighted by molar-refractivity contribution is 5.77. The number of aromatic nitrogens is 2. The lowest BCUT2D eigenvalue weighted by Gasteiger charge is -2.36. The molecule has 0 bridgehead atoms. The molecule has 0 unspecified atom stereocenters. The Hall–Kier alpha value is -2.78. The molecule has 0 amide bonds. The zero-order valence-corrected chi connectivity index (χ0v) is 13.9. The van der Waals surface area contributed by atoms with Gasteiger partial charge in [-0.1, -0.05) is 0 Å². The van der Waals surface area contributed by atoms with Gasteiger partial charge in [0.15, 0.2) is 0 Å². The van der Waals surface area contributed by atoms with Crippen LogP contribution in [0.4, 0.5) is 13.2 Å². The van der Waals surface area contributed by atoms with Crippen LogP contribution >= 0.6 is 0 Å². The van der Waals surface area contributed by atoms with E-state index in [0.717, 1.165) is 11.0 Å². The van der Waals surface area contributed by atoms with E-state index >= 15 is 0 Å². The predicted octanol–water partition coefficient (Wildman–Crippen LogP) is 3.49. The van der Waals surface area contributed by atoms with E-state index in [1.54, 1.807) is 24.5 Å². The number of hydrogen-bond acceptors (Lipinski definition) is 5. The number of alkyl halides is 3. The predicted molar refractivity (Wildman–Crippen MR) is 88.7 cm³/mol. The summed E-state index contributed by atoms with van der Waals surface area (Å²) < 4.78 is 53.0. The van der Waals surface area contributed by atoms with E-state index in [4.69, 9.17) is 9.47 Å². The van der Waals surface area contributed by atoms with Crippen molar-refractivity contribution < 1.29 is 32.5 Å². The third kappa shape index (κ3) is 3.99. The summed E-state index contributed by atoms with van der Waals surface area (Å²) in [4.78, 5) is 4.29. The molecule has 0 spiro atoms. The van der Waals surface area contributed by atoms with Crippen molar-refractivity contribution in [2.45, 2.75) is 18.5 Å². The summed E-state index contributed by atoms with van der Waals surface area (Å²) in [7, 11) is 0. The minimum absolute atomic E-state index is 0.273. The molecule has 0 radical (unpaired) electrons. The van der Waals surface area contributed by atoms with Gasteiger partial charge in [0.25, 0.3) is 0 Å². The molecule has 27 heavy (non-hydrogen) atoms. The molecule has 9 heteroatoms. The first-order chi connectivity index (χ1) is 12.8. The standard InChI is InChI=1S/C18H15F3N2O4/c19-18(20,21)27-13-3-1-12(2-4-13)26-14-5-6-15-16(7-14)23(11-22-15)8-17(24)9-25-10-17/h1-7,11,24H,8-10H2. The minimum atomic E-state index is -4.73. The number of aliphatic hydroxyl groups is 1. The molecule has 1 saturated heterocycles. The molecule has 6 nitrogen and oxygen atoms in total. The van der Waals surface area contributed by atoms with Crippen molar-refractivity contribution in [3.8, 4) is 17.2 Å². The Morgan fingerprint density at radius 3 is 2.37 bits per heavy atom. The first-order valence-electron chi connectivity index (χ1n) is 8.08. The molecule has 1 N–H and O–H groups in total. The van der Waals surface area contributed by atoms with E-state index in [0.29, 0.717) is 18.0 Å². The zero-order valence-electron chi connectivity index (χ0n) is 13.9. The maximum Gasteiger partial charge on any atom is 0.573 e. The first kappa shape index (κ1) is 17.6. The lowest BCUT2D eigenvalue weighted by Crippen LogP contribution is -2.52. The normalized spacial score (nSPS) is 16.1. The molecular formula is C18H15F3N2O4. The molecule has 1 fully saturated rings. The smallest absolute Gasteiger partial charge is 0.457 e. The quantitative estimate of drug-likeness (QED) is 0.734. The van der Waals surface area contributed by atoms with E-state index in [-0.39, 0.29) is 19.0 Å². The van der Waals surface area contributed by atoms with E-state index < -0.39 is 12.0 Å². The number of rotatable bonds is 5. The van der Waals surface area contributed by atoms with Crippen LogP contribution in [0.3, 0.4) is 0 Å². The van der Waals surface area contributed by atoms with Gasteiger partial charge < -0.3 is 23.9 Å². The summed E-state index contributed by atoms with van der Waals surface area (Å²) in [5.41, 5.74) is 0.601. The molecule has 2 aromatic carbocycles. The van der Waals surface area contributed by atoms with Gasteiger partial charge in [-0.15, -0.1) is 13.2 Å². The van der Waals surface area contributed by atoms with Crippen LogP contribution in [0.5, 0.6) is 17.2 Å². The summed E-state index contributed by atoms with van der Waals surface area (Å²) >= 11 is 0. The molecular weight excluding hydrogens is 365 g/mol. The summed E-state index contributed by atoms with van der Waals surface area (Å²) in [5.74, 6) is 0.533. The Kier molecular flexibility index (Phi) is 4.20. The number of fused-ring (bicyclic) bond motifs is 1. The second kappa shape index (κ2) is 6.43. The SMILES string of the molecule is OC1(Cn2cnc3ccc(Oc4ccc(OC(F)(F)F)cc4)cc32)COC1. The fourth-order valence-electron chi connectivity index (χ4n) is 2.82. The number of imidazole rings is 1. The number of benzene rings is 2. The monoisotopic (exact) mass is 380 g/mol. The maximum absolute atomic E-state index is 12.2. The van der Waals surface area contributed by atoms with Crippen LogP contribution in [0.1, 0.15) is 0 Å². The van der Waals surface area contributed by atoms with Crippen LogP contribution < -0.4 is 9.47 Å². The average Bonchev–Trinajstić information content (AvgIpc) is 2.96. The molecule has 0 atom stereocenters. The van der Waals surface area contributed by atoms with Crippen molar-refractivity contribution in [2.24, 2.45) is 0 Å². The number of ether oxygens (including phenoxy) is 3. The molecule has 3 aromatic rings. The van der Waals surface area contributed by atoms with Gasteiger partial charge in [-0.2, -0.15) is 0 Å². The first-order valence-corrected chi connectivity index (χ1v) is 8.08. The molecule has 142 valence electrons. The number of halogens is 3. The van der Waals surface area contributed by atoms with Crippen LogP contribution in [0.15, 0.2) is 48.8 Å². The van der Waals surface area contributed by atoms with Crippen molar-refractivity contribution in [1.29, 1.82) is 0 Å². The van der Waals surface area contributed by atoms with Crippen molar-refractivity contribution >= 4 is 11.0 Å². The third-order valence-electron chi connectivity index (χ3n) is 4.09. The van der Waals surface area contributed by atoms with Crippen LogP contribution in [-0.4, -0.2) is 39.8 Å². The Morgan fingerprint density at radius 2 is 1.74 bits per heavy atom. The van der Waals surface area contributed by atoms with Gasteiger partial charge in [0.05, 0.1) is 37.1 Å². The fourth-order valence-corrected chi connectivity index (χ4v) is 2.82. The highest BCUT2D eigenvalue weighted by atomic mass is 19.4. The summed E-state index contributed by atoms with van der Waals surface area (Å²) in [6, 6.07) is 10.4. The third-order valence-corrected chi connectivity index (χ3v) is 4.09. The van der Waals surface area contributed by atoms with Crippen LogP contribution in [-0.2, 0) is 11.3 Å². The second-order valence-corrected chi connectivity index (χ2v) is 6.36. The van der Waals surface area contributed by atoms with Crippen molar-refractivity contribution in [3.63, 3.8) is 0 Å². The molecule has 1 aromatic heterocycles. The van der Waals surface area contributed by atoms with Crippen LogP contribution in [0.25, 0.3) is 11.0 Å². The van der Waals surface area contributed by atoms with Crippen LogP contribution in [0, 0.1) is 0 Å². The minimum Gasteiger partial charge on any atom is -0.457 e. The lowest BCUT2D eigenvalue weighted by atomic mass is 10.0. The molecule has 4 rings (SSSR count). The molecule has 0 aliphatic carbocycles. The van der Waals surface area contributed by atoms with E-state index in [1.165, 1.54) is 24.3 Å². The van der Waals surface area contributed by atoms with E-state index in [2.05, 4.69) is 9.72 Å². The lowest BCUT2D eigenvalue weighted by molar-refractivity contribution is -0.274. The van der Waals surface area contributed by atoms with Gasteiger partial charge in [0.1, 0.15) is 22.8 Å². The van der Waals surface area contributed by atoms with Gasteiger partial charge in [-0.3, -0.25) is 0 Å². The average molecular weight is 380 g/mol. The van der Waals surface area contributed by atoms with Crippen molar-refractivity contribution in [3.05, 3.63) is 48.8 Å². The number of hydrogen-bond donors (Lipinski definition) is 1. The van der Waals surface area contributed by atoms with E-state index in [9.17, 15) is 18.3 Å². The summed E-state index contributed by atoms with van der Waals surface area (Å²) in [6.07, 6.45) is -3.10. The van der Waals surface area contributed by atoms with Crippen LogP contribution in [0.2, 0.25) is 0 Å². The van der Waals surface area contributed by atoms with Gasteiger partial charge >= 0.3 is 6.36 Å². The van der Waals surface area contributed by atoms with Crippen molar-refractivity contribution in [1.82, 2.24) is 9.55 Å². The highest BCUT2D eigenvalue weighted by Crippen LogP contribution is 2.29. The zero-order chi connectivity index (χ0) is 19.1. The van der Waals surface area contributed by atoms with Gasteiger partial charge in [0.2, 0.25) is 0 Å². The highest BCUT2D eigenvalue weighted by Gasteiger charge is 2.36. The molecule has 1 aliphatic rings. The Morgan fingerprint density at radius 1 is 1.07 bits per heavy atom. The molecule has 1 aliphatic heterocycles. The topological polar surface area (TPSA) is 65.7 Å².